The number of anilines is 4. The summed E-state index contributed by atoms with van der Waals surface area (Å²) in [6, 6.07) is 21.5. The Hall–Kier alpha value is -4.73. The van der Waals surface area contributed by atoms with Crippen molar-refractivity contribution in [2.45, 2.75) is 26.4 Å². The van der Waals surface area contributed by atoms with Gasteiger partial charge in [-0.15, -0.1) is 0 Å². The van der Waals surface area contributed by atoms with E-state index in [-0.39, 0.29) is 5.82 Å². The number of nitrogens with one attached hydrogen (secondary N) is 2. The van der Waals surface area contributed by atoms with Crippen LogP contribution in [0.3, 0.4) is 0 Å². The van der Waals surface area contributed by atoms with E-state index in [1.807, 2.05) is 55.5 Å². The first kappa shape index (κ1) is 25.9. The molecule has 0 atom stereocenters. The summed E-state index contributed by atoms with van der Waals surface area (Å²) in [4.78, 5) is 15.8. The Bertz CT molecular complexity index is 1390. The van der Waals surface area contributed by atoms with Crippen molar-refractivity contribution in [3.05, 3.63) is 89.7 Å². The van der Waals surface area contributed by atoms with Crippen molar-refractivity contribution in [3.8, 4) is 11.5 Å². The van der Waals surface area contributed by atoms with Crippen LogP contribution in [-0.4, -0.2) is 40.9 Å². The number of hydrogen-bond donors (Lipinski definition) is 2. The fourth-order valence-corrected chi connectivity index (χ4v) is 4.08. The van der Waals surface area contributed by atoms with Crippen LogP contribution in [0.4, 0.5) is 27.9 Å². The second-order valence-corrected chi connectivity index (χ2v) is 8.89. The highest BCUT2D eigenvalue weighted by atomic mass is 19.1. The molecule has 0 unspecified atom stereocenters. The number of benzene rings is 3. The van der Waals surface area contributed by atoms with Crippen molar-refractivity contribution in [3.63, 3.8) is 0 Å². The average molecular weight is 528 g/mol. The van der Waals surface area contributed by atoms with Crippen LogP contribution in [0.5, 0.6) is 11.5 Å². The molecule has 0 amide bonds. The molecule has 1 aliphatic heterocycles. The van der Waals surface area contributed by atoms with E-state index in [4.69, 9.17) is 9.47 Å². The zero-order valence-electron chi connectivity index (χ0n) is 21.7. The molecule has 39 heavy (non-hydrogen) atoms. The minimum Gasteiger partial charge on any atom is -0.490 e. The number of halogens is 1. The Balaban J connectivity index is 1.29. The molecule has 0 bridgehead atoms. The monoisotopic (exact) mass is 527 g/mol. The summed E-state index contributed by atoms with van der Waals surface area (Å²) in [5.41, 5.74) is 5.49. The normalized spacial score (nSPS) is 13.0. The lowest BCUT2D eigenvalue weighted by molar-refractivity contribution is 0.269. The fourth-order valence-electron chi connectivity index (χ4n) is 4.08. The van der Waals surface area contributed by atoms with Gasteiger partial charge < -0.3 is 19.7 Å². The molecule has 0 spiro atoms. The van der Waals surface area contributed by atoms with Crippen molar-refractivity contribution in [2.75, 3.05) is 35.3 Å². The molecule has 1 aliphatic rings. The van der Waals surface area contributed by atoms with Gasteiger partial charge in [0.2, 0.25) is 17.8 Å². The Morgan fingerprint density at radius 1 is 0.897 bits per heavy atom. The quantitative estimate of drug-likeness (QED) is 0.187. The molecular formula is C29H30FN7O2. The first-order valence-corrected chi connectivity index (χ1v) is 12.9. The van der Waals surface area contributed by atoms with Crippen LogP contribution >= 0.6 is 0 Å². The Morgan fingerprint density at radius 2 is 1.67 bits per heavy atom. The lowest BCUT2D eigenvalue weighted by atomic mass is 10.2. The van der Waals surface area contributed by atoms with Gasteiger partial charge in [0.15, 0.2) is 11.5 Å². The molecule has 10 heteroatoms. The third kappa shape index (κ3) is 7.19. The van der Waals surface area contributed by atoms with Gasteiger partial charge in [0.25, 0.3) is 0 Å². The van der Waals surface area contributed by atoms with E-state index in [1.54, 1.807) is 18.3 Å². The Morgan fingerprint density at radius 3 is 2.44 bits per heavy atom. The largest absolute Gasteiger partial charge is 0.490 e. The molecule has 1 fully saturated rings. The SMILES string of the molecule is CCOc1cc(/C=N/Nc2nc(Nc3ccccc3)nc(N3CCCC3)n2)ccc1OCc1ccc(F)cc1. The summed E-state index contributed by atoms with van der Waals surface area (Å²) in [5.74, 6) is 2.30. The standard InChI is InChI=1S/C29H30FN7O2/c1-2-38-26-18-22(12-15-25(26)39-20-21-10-13-23(30)14-11-21)19-31-36-28-33-27(32-24-8-4-3-5-9-24)34-29(35-28)37-16-6-7-17-37/h3-5,8-15,18-19H,2,6-7,16-17,20H2,1H3,(H2,32,33,34,35,36)/b31-19+. The number of rotatable bonds is 11. The van der Waals surface area contributed by atoms with Gasteiger partial charge in [0.05, 0.1) is 12.8 Å². The minimum atomic E-state index is -0.279. The van der Waals surface area contributed by atoms with Crippen LogP contribution in [0, 0.1) is 5.82 Å². The van der Waals surface area contributed by atoms with Crippen molar-refractivity contribution >= 4 is 29.7 Å². The van der Waals surface area contributed by atoms with Gasteiger partial charge in [0, 0.05) is 18.8 Å². The lowest BCUT2D eigenvalue weighted by Crippen LogP contribution is -2.21. The molecule has 1 saturated heterocycles. The number of aromatic nitrogens is 3. The predicted octanol–water partition coefficient (Wildman–Crippen LogP) is 5.78. The van der Waals surface area contributed by atoms with Crippen LogP contribution in [0.15, 0.2) is 77.9 Å². The zero-order valence-corrected chi connectivity index (χ0v) is 21.7. The third-order valence-electron chi connectivity index (χ3n) is 6.00. The third-order valence-corrected chi connectivity index (χ3v) is 6.00. The van der Waals surface area contributed by atoms with Crippen LogP contribution in [0.2, 0.25) is 0 Å². The van der Waals surface area contributed by atoms with Crippen LogP contribution in [0.1, 0.15) is 30.9 Å². The van der Waals surface area contributed by atoms with Gasteiger partial charge in [0.1, 0.15) is 12.4 Å². The molecule has 1 aromatic heterocycles. The molecule has 0 radical (unpaired) electrons. The average Bonchev–Trinajstić information content (AvgIpc) is 3.50. The summed E-state index contributed by atoms with van der Waals surface area (Å²) in [6.07, 6.45) is 3.88. The Kier molecular flexibility index (Phi) is 8.42. The highest BCUT2D eigenvalue weighted by molar-refractivity contribution is 5.81. The van der Waals surface area contributed by atoms with E-state index in [9.17, 15) is 4.39 Å². The first-order valence-electron chi connectivity index (χ1n) is 12.9. The second kappa shape index (κ2) is 12.7. The van der Waals surface area contributed by atoms with Gasteiger partial charge in [-0.3, -0.25) is 0 Å². The topological polar surface area (TPSA) is 96.8 Å². The molecule has 2 N–H and O–H groups in total. The van der Waals surface area contributed by atoms with E-state index in [0.717, 1.165) is 42.7 Å². The maximum atomic E-state index is 13.2. The zero-order chi connectivity index (χ0) is 26.9. The van der Waals surface area contributed by atoms with E-state index in [2.05, 4.69) is 35.7 Å². The van der Waals surface area contributed by atoms with E-state index in [0.29, 0.717) is 42.6 Å². The van der Waals surface area contributed by atoms with E-state index < -0.39 is 0 Å². The molecule has 3 aromatic carbocycles. The highest BCUT2D eigenvalue weighted by Crippen LogP contribution is 2.29. The number of ether oxygens (including phenoxy) is 2. The highest BCUT2D eigenvalue weighted by Gasteiger charge is 2.17. The van der Waals surface area contributed by atoms with Crippen molar-refractivity contribution in [1.29, 1.82) is 0 Å². The number of nitrogens with zero attached hydrogens (tertiary/aromatic N) is 5. The maximum Gasteiger partial charge on any atom is 0.250 e. The van der Waals surface area contributed by atoms with Gasteiger partial charge in [-0.2, -0.15) is 20.1 Å². The summed E-state index contributed by atoms with van der Waals surface area (Å²) < 4.78 is 24.9. The van der Waals surface area contributed by atoms with Crippen LogP contribution < -0.4 is 25.1 Å². The molecular weight excluding hydrogens is 497 g/mol. The summed E-state index contributed by atoms with van der Waals surface area (Å²) in [6.45, 7) is 4.51. The van der Waals surface area contributed by atoms with E-state index in [1.165, 1.54) is 12.1 Å². The van der Waals surface area contributed by atoms with Gasteiger partial charge in [-0.05, 0) is 73.4 Å². The summed E-state index contributed by atoms with van der Waals surface area (Å²) in [7, 11) is 0. The molecule has 9 nitrogen and oxygen atoms in total. The smallest absolute Gasteiger partial charge is 0.250 e. The number of para-hydroxylation sites is 1. The van der Waals surface area contributed by atoms with Crippen molar-refractivity contribution < 1.29 is 13.9 Å². The van der Waals surface area contributed by atoms with E-state index >= 15 is 0 Å². The van der Waals surface area contributed by atoms with Gasteiger partial charge in [-0.1, -0.05) is 30.3 Å². The molecule has 0 saturated carbocycles. The molecule has 0 aliphatic carbocycles. The molecule has 2 heterocycles. The predicted molar refractivity (Wildman–Crippen MR) is 151 cm³/mol. The van der Waals surface area contributed by atoms with Crippen molar-refractivity contribution in [1.82, 2.24) is 15.0 Å². The fraction of sp³-hybridized carbons (Fsp3) is 0.241. The summed E-state index contributed by atoms with van der Waals surface area (Å²) in [5, 5.41) is 7.60. The Labute approximate surface area is 226 Å². The van der Waals surface area contributed by atoms with Crippen molar-refractivity contribution in [2.24, 2.45) is 5.10 Å². The maximum absolute atomic E-state index is 13.2. The first-order chi connectivity index (χ1) is 19.2. The minimum absolute atomic E-state index is 0.279. The molecule has 5 rings (SSSR count). The molecule has 4 aromatic rings. The van der Waals surface area contributed by atoms with Crippen LogP contribution in [-0.2, 0) is 6.61 Å². The molecule has 200 valence electrons. The lowest BCUT2D eigenvalue weighted by Gasteiger charge is -2.16. The summed E-state index contributed by atoms with van der Waals surface area (Å²) >= 11 is 0. The van der Waals surface area contributed by atoms with Gasteiger partial charge >= 0.3 is 0 Å². The van der Waals surface area contributed by atoms with Gasteiger partial charge in [-0.25, -0.2) is 9.82 Å². The number of hydrogen-bond acceptors (Lipinski definition) is 9. The second-order valence-electron chi connectivity index (χ2n) is 8.89. The number of hydrazone groups is 1. The van der Waals surface area contributed by atoms with Crippen LogP contribution in [0.25, 0.3) is 0 Å².